The molecule has 0 radical (unpaired) electrons. The van der Waals surface area contributed by atoms with Gasteiger partial charge in [-0.3, -0.25) is 4.90 Å². The van der Waals surface area contributed by atoms with Gasteiger partial charge < -0.3 is 10.4 Å². The molecule has 6 nitrogen and oxygen atoms in total. The molecule has 1 aromatic carbocycles. The summed E-state index contributed by atoms with van der Waals surface area (Å²) < 4.78 is 26.6. The highest BCUT2D eigenvalue weighted by Gasteiger charge is 2.28. The summed E-state index contributed by atoms with van der Waals surface area (Å²) in [5.74, 6) is 0. The summed E-state index contributed by atoms with van der Waals surface area (Å²) in [6, 6.07) is 6.87. The van der Waals surface area contributed by atoms with Crippen LogP contribution in [0.15, 0.2) is 29.2 Å². The van der Waals surface area contributed by atoms with Crippen LogP contribution in [0.3, 0.4) is 0 Å². The molecule has 2 N–H and O–H groups in total. The smallest absolute Gasteiger partial charge is 0.243 e. The predicted molar refractivity (Wildman–Crippen MR) is 82.9 cm³/mol. The number of nitrogens with zero attached hydrogens (tertiary/aromatic N) is 2. The minimum atomic E-state index is -3.42. The second-order valence-electron chi connectivity index (χ2n) is 5.02. The van der Waals surface area contributed by atoms with Gasteiger partial charge in [0.2, 0.25) is 10.0 Å². The maximum atomic E-state index is 12.6. The zero-order valence-corrected chi connectivity index (χ0v) is 13.1. The fourth-order valence-electron chi connectivity index (χ4n) is 2.43. The lowest BCUT2D eigenvalue weighted by Gasteiger charge is -2.33. The van der Waals surface area contributed by atoms with E-state index in [1.807, 2.05) is 6.92 Å². The molecule has 0 atom stereocenters. The molecule has 2 rings (SSSR count). The number of piperazine rings is 1. The van der Waals surface area contributed by atoms with E-state index in [0.717, 1.165) is 12.2 Å². The molecule has 7 heteroatoms. The summed E-state index contributed by atoms with van der Waals surface area (Å²) in [5, 5.41) is 12.1. The van der Waals surface area contributed by atoms with Crippen LogP contribution in [0.4, 0.5) is 5.69 Å². The first kappa shape index (κ1) is 16.2. The number of anilines is 1. The Morgan fingerprint density at radius 1 is 1.14 bits per heavy atom. The maximum Gasteiger partial charge on any atom is 0.243 e. The largest absolute Gasteiger partial charge is 0.395 e. The van der Waals surface area contributed by atoms with Gasteiger partial charge in [-0.25, -0.2) is 8.42 Å². The Kier molecular flexibility index (Phi) is 5.58. The molecule has 0 unspecified atom stereocenters. The second-order valence-corrected chi connectivity index (χ2v) is 6.96. The van der Waals surface area contributed by atoms with E-state index in [1.54, 1.807) is 24.3 Å². The van der Waals surface area contributed by atoms with Crippen LogP contribution in [-0.4, -0.2) is 68.6 Å². The summed E-state index contributed by atoms with van der Waals surface area (Å²) in [6.07, 6.45) is 0. The van der Waals surface area contributed by atoms with Crippen LogP contribution < -0.4 is 5.32 Å². The van der Waals surface area contributed by atoms with Crippen LogP contribution in [0.5, 0.6) is 0 Å². The minimum Gasteiger partial charge on any atom is -0.395 e. The van der Waals surface area contributed by atoms with Crippen LogP contribution in [0.2, 0.25) is 0 Å². The molecule has 118 valence electrons. The van der Waals surface area contributed by atoms with Gasteiger partial charge in [-0.05, 0) is 31.2 Å². The van der Waals surface area contributed by atoms with E-state index in [9.17, 15) is 8.42 Å². The highest BCUT2D eigenvalue weighted by Crippen LogP contribution is 2.19. The van der Waals surface area contributed by atoms with Crippen molar-refractivity contribution in [2.24, 2.45) is 0 Å². The van der Waals surface area contributed by atoms with Gasteiger partial charge in [0.15, 0.2) is 0 Å². The predicted octanol–water partition coefficient (Wildman–Crippen LogP) is 0.417. The van der Waals surface area contributed by atoms with E-state index in [4.69, 9.17) is 5.11 Å². The monoisotopic (exact) mass is 313 g/mol. The Hall–Kier alpha value is -1.15. The van der Waals surface area contributed by atoms with E-state index in [1.165, 1.54) is 4.31 Å². The Morgan fingerprint density at radius 2 is 1.76 bits per heavy atom. The molecule has 1 aliphatic heterocycles. The van der Waals surface area contributed by atoms with Crippen molar-refractivity contribution in [1.82, 2.24) is 9.21 Å². The number of β-amino-alcohol motifs (C(OH)–C–C–N with tert-alkyl or cyclic N) is 1. The molecule has 1 heterocycles. The van der Waals surface area contributed by atoms with Gasteiger partial charge in [-0.1, -0.05) is 0 Å². The van der Waals surface area contributed by atoms with Gasteiger partial charge in [-0.15, -0.1) is 0 Å². The number of sulfonamides is 1. The molecule has 1 saturated heterocycles. The quantitative estimate of drug-likeness (QED) is 0.796. The van der Waals surface area contributed by atoms with Crippen molar-refractivity contribution in [2.75, 3.05) is 51.2 Å². The van der Waals surface area contributed by atoms with E-state index >= 15 is 0 Å². The summed E-state index contributed by atoms with van der Waals surface area (Å²) in [4.78, 5) is 2.40. The van der Waals surface area contributed by atoms with E-state index in [0.29, 0.717) is 37.6 Å². The third-order valence-electron chi connectivity index (χ3n) is 3.62. The molecule has 1 aliphatic rings. The zero-order valence-electron chi connectivity index (χ0n) is 12.3. The zero-order chi connectivity index (χ0) is 15.3. The van der Waals surface area contributed by atoms with Crippen LogP contribution in [0.1, 0.15) is 6.92 Å². The number of benzene rings is 1. The molecule has 0 aromatic heterocycles. The van der Waals surface area contributed by atoms with E-state index in [-0.39, 0.29) is 6.61 Å². The summed E-state index contributed by atoms with van der Waals surface area (Å²) in [5.41, 5.74) is 0.921. The number of aliphatic hydroxyl groups is 1. The van der Waals surface area contributed by atoms with Gasteiger partial charge in [0, 0.05) is 45.0 Å². The third-order valence-corrected chi connectivity index (χ3v) is 5.53. The molecule has 0 bridgehead atoms. The van der Waals surface area contributed by atoms with Crippen molar-refractivity contribution in [3.63, 3.8) is 0 Å². The van der Waals surface area contributed by atoms with Crippen LogP contribution in [0.25, 0.3) is 0 Å². The fraction of sp³-hybridized carbons (Fsp3) is 0.571. The average Bonchev–Trinajstić information content (AvgIpc) is 2.49. The second kappa shape index (κ2) is 7.22. The van der Waals surface area contributed by atoms with E-state index in [2.05, 4.69) is 10.2 Å². The van der Waals surface area contributed by atoms with Crippen LogP contribution in [0, 0.1) is 0 Å². The molecule has 0 spiro atoms. The Bertz CT molecular complexity index is 537. The Labute approximate surface area is 126 Å². The Balaban J connectivity index is 2.04. The molecule has 21 heavy (non-hydrogen) atoms. The first-order valence-electron chi connectivity index (χ1n) is 7.25. The topological polar surface area (TPSA) is 72.9 Å². The third kappa shape index (κ3) is 3.94. The van der Waals surface area contributed by atoms with Crippen molar-refractivity contribution in [2.45, 2.75) is 11.8 Å². The van der Waals surface area contributed by atoms with Crippen LogP contribution >= 0.6 is 0 Å². The first-order valence-corrected chi connectivity index (χ1v) is 8.69. The standard InChI is InChI=1S/C14H23N3O3S/c1-2-15-13-3-5-14(6-4-13)21(19,20)17-9-7-16(8-10-17)11-12-18/h3-6,15,18H,2,7-12H2,1H3. The highest BCUT2D eigenvalue weighted by atomic mass is 32.2. The molecule has 0 saturated carbocycles. The first-order chi connectivity index (χ1) is 10.1. The molecular weight excluding hydrogens is 290 g/mol. The lowest BCUT2D eigenvalue weighted by molar-refractivity contribution is 0.151. The summed E-state index contributed by atoms with van der Waals surface area (Å²) in [7, 11) is -3.42. The molecule has 0 amide bonds. The SMILES string of the molecule is CCNc1ccc(S(=O)(=O)N2CCN(CCO)CC2)cc1. The van der Waals surface area contributed by atoms with Gasteiger partial charge in [-0.2, -0.15) is 4.31 Å². The molecular formula is C14H23N3O3S. The van der Waals surface area contributed by atoms with Crippen molar-refractivity contribution in [1.29, 1.82) is 0 Å². The molecule has 1 fully saturated rings. The number of rotatable bonds is 6. The van der Waals surface area contributed by atoms with Crippen molar-refractivity contribution in [3.05, 3.63) is 24.3 Å². The van der Waals surface area contributed by atoms with Crippen molar-refractivity contribution >= 4 is 15.7 Å². The summed E-state index contributed by atoms with van der Waals surface area (Å²) >= 11 is 0. The molecule has 0 aliphatic carbocycles. The number of hydrogen-bond donors (Lipinski definition) is 2. The minimum absolute atomic E-state index is 0.110. The van der Waals surface area contributed by atoms with Crippen molar-refractivity contribution in [3.8, 4) is 0 Å². The average molecular weight is 313 g/mol. The summed E-state index contributed by atoms with van der Waals surface area (Å²) in [6.45, 7) is 5.78. The number of hydrogen-bond acceptors (Lipinski definition) is 5. The van der Waals surface area contributed by atoms with Gasteiger partial charge in [0.25, 0.3) is 0 Å². The van der Waals surface area contributed by atoms with E-state index < -0.39 is 10.0 Å². The number of nitrogens with one attached hydrogen (secondary N) is 1. The normalized spacial score (nSPS) is 17.8. The molecule has 1 aromatic rings. The highest BCUT2D eigenvalue weighted by molar-refractivity contribution is 7.89. The number of aliphatic hydroxyl groups excluding tert-OH is 1. The van der Waals surface area contributed by atoms with Gasteiger partial charge in [0.05, 0.1) is 11.5 Å². The Morgan fingerprint density at radius 3 is 2.29 bits per heavy atom. The van der Waals surface area contributed by atoms with Gasteiger partial charge >= 0.3 is 0 Å². The lowest BCUT2D eigenvalue weighted by Crippen LogP contribution is -2.49. The lowest BCUT2D eigenvalue weighted by atomic mass is 10.3. The fourth-order valence-corrected chi connectivity index (χ4v) is 3.86. The van der Waals surface area contributed by atoms with Crippen LogP contribution in [-0.2, 0) is 10.0 Å². The van der Waals surface area contributed by atoms with Crippen molar-refractivity contribution < 1.29 is 13.5 Å². The van der Waals surface area contributed by atoms with Gasteiger partial charge in [0.1, 0.15) is 0 Å². The maximum absolute atomic E-state index is 12.6.